The molecule has 2 N–H and O–H groups in total. The number of hydrogen-bond acceptors (Lipinski definition) is 2. The molecule has 0 saturated heterocycles. The number of benzene rings is 1. The molecule has 0 amide bonds. The molecule has 0 spiro atoms. The fraction of sp³-hybridized carbons (Fsp3) is 0.455. The van der Waals surface area contributed by atoms with Crippen molar-refractivity contribution in [2.75, 3.05) is 13.2 Å². The van der Waals surface area contributed by atoms with Crippen molar-refractivity contribution in [3.63, 3.8) is 0 Å². The van der Waals surface area contributed by atoms with E-state index in [1.54, 1.807) is 0 Å². The van der Waals surface area contributed by atoms with E-state index in [9.17, 15) is 17.6 Å². The van der Waals surface area contributed by atoms with Gasteiger partial charge < -0.3 is 10.5 Å². The summed E-state index contributed by atoms with van der Waals surface area (Å²) in [6.45, 7) is 0.404. The van der Waals surface area contributed by atoms with E-state index in [1.165, 1.54) is 19.1 Å². The number of halogens is 4. The summed E-state index contributed by atoms with van der Waals surface area (Å²) < 4.78 is 54.9. The Hall–Kier alpha value is -1.30. The zero-order chi connectivity index (χ0) is 13.1. The molecule has 1 aromatic carbocycles. The highest BCUT2D eigenvalue weighted by molar-refractivity contribution is 5.28. The molecule has 0 aliphatic rings. The van der Waals surface area contributed by atoms with Crippen molar-refractivity contribution < 1.29 is 22.3 Å². The molecule has 0 aliphatic carbocycles. The molecule has 0 bridgehead atoms. The molecule has 6 heteroatoms. The fourth-order valence-corrected chi connectivity index (χ4v) is 1.20. The van der Waals surface area contributed by atoms with E-state index in [-0.39, 0.29) is 5.75 Å². The van der Waals surface area contributed by atoms with Gasteiger partial charge in [-0.1, -0.05) is 0 Å². The highest BCUT2D eigenvalue weighted by Gasteiger charge is 2.39. The second-order valence-corrected chi connectivity index (χ2v) is 3.70. The van der Waals surface area contributed by atoms with Gasteiger partial charge in [-0.25, -0.2) is 4.39 Å². The van der Waals surface area contributed by atoms with Gasteiger partial charge in [-0.2, -0.15) is 13.2 Å². The summed E-state index contributed by atoms with van der Waals surface area (Å²) in [6.07, 6.45) is -4.39. The second-order valence-electron chi connectivity index (χ2n) is 3.70. The molecule has 1 unspecified atom stereocenters. The van der Waals surface area contributed by atoms with Gasteiger partial charge in [0.2, 0.25) is 0 Å². The summed E-state index contributed by atoms with van der Waals surface area (Å²) in [6, 6.07) is 3.78. The van der Waals surface area contributed by atoms with Crippen molar-refractivity contribution in [2.45, 2.75) is 13.1 Å². The monoisotopic (exact) mass is 251 g/mol. The fourth-order valence-electron chi connectivity index (χ4n) is 1.20. The van der Waals surface area contributed by atoms with Crippen molar-refractivity contribution in [1.29, 1.82) is 0 Å². The van der Waals surface area contributed by atoms with Crippen molar-refractivity contribution in [2.24, 2.45) is 11.7 Å². The molecule has 17 heavy (non-hydrogen) atoms. The maximum atomic E-state index is 12.9. The molecular formula is C11H13F4NO. The minimum absolute atomic E-state index is 0.201. The minimum atomic E-state index is -4.39. The first-order valence-electron chi connectivity index (χ1n) is 5.00. The standard InChI is InChI=1S/C11H13F4NO/c1-7-4-9(2-3-10(7)12)17-6-8(5-16)11(13,14)15/h2-4,8H,5-6,16H2,1H3. The minimum Gasteiger partial charge on any atom is -0.493 e. The summed E-state index contributed by atoms with van der Waals surface area (Å²) >= 11 is 0. The van der Waals surface area contributed by atoms with Crippen LogP contribution in [0.4, 0.5) is 17.6 Å². The van der Waals surface area contributed by atoms with E-state index < -0.39 is 31.1 Å². The Morgan fingerprint density at radius 3 is 2.47 bits per heavy atom. The first-order chi connectivity index (χ1) is 7.84. The molecule has 1 rings (SSSR count). The molecule has 0 aliphatic heterocycles. The van der Waals surface area contributed by atoms with Crippen LogP contribution in [0.1, 0.15) is 5.56 Å². The molecule has 0 fully saturated rings. The average molecular weight is 251 g/mol. The normalized spacial score (nSPS) is 13.5. The van der Waals surface area contributed by atoms with Crippen LogP contribution in [-0.2, 0) is 0 Å². The van der Waals surface area contributed by atoms with E-state index in [1.807, 2.05) is 0 Å². The zero-order valence-corrected chi connectivity index (χ0v) is 9.22. The summed E-state index contributed by atoms with van der Waals surface area (Å²) in [5.74, 6) is -1.94. The Balaban J connectivity index is 2.63. The number of alkyl halides is 3. The van der Waals surface area contributed by atoms with E-state index in [0.29, 0.717) is 5.56 Å². The van der Waals surface area contributed by atoms with Crippen LogP contribution in [0.25, 0.3) is 0 Å². The first kappa shape index (κ1) is 13.8. The summed E-state index contributed by atoms with van der Waals surface area (Å²) in [5, 5.41) is 0. The van der Waals surface area contributed by atoms with Gasteiger partial charge in [-0.15, -0.1) is 0 Å². The molecule has 2 nitrogen and oxygen atoms in total. The Bertz CT molecular complexity index is 378. The lowest BCUT2D eigenvalue weighted by Crippen LogP contribution is -2.35. The predicted molar refractivity (Wildman–Crippen MR) is 55.2 cm³/mol. The maximum absolute atomic E-state index is 12.9. The van der Waals surface area contributed by atoms with Crippen molar-refractivity contribution in [1.82, 2.24) is 0 Å². The molecule has 0 saturated carbocycles. The van der Waals surface area contributed by atoms with Gasteiger partial charge in [0.05, 0.1) is 0 Å². The van der Waals surface area contributed by atoms with Crippen molar-refractivity contribution >= 4 is 0 Å². The molecule has 0 aromatic heterocycles. The Kier molecular flexibility index (Phi) is 4.34. The predicted octanol–water partition coefficient (Wildman–Crippen LogP) is 2.65. The van der Waals surface area contributed by atoms with Crippen LogP contribution in [0.2, 0.25) is 0 Å². The number of ether oxygens (including phenoxy) is 1. The summed E-state index contributed by atoms with van der Waals surface area (Å²) in [4.78, 5) is 0. The lowest BCUT2D eigenvalue weighted by atomic mass is 10.1. The van der Waals surface area contributed by atoms with E-state index >= 15 is 0 Å². The topological polar surface area (TPSA) is 35.2 Å². The number of rotatable bonds is 4. The molecule has 0 radical (unpaired) electrons. The highest BCUT2D eigenvalue weighted by atomic mass is 19.4. The van der Waals surface area contributed by atoms with Crippen LogP contribution in [0.5, 0.6) is 5.75 Å². The van der Waals surface area contributed by atoms with E-state index in [2.05, 4.69) is 0 Å². The van der Waals surface area contributed by atoms with Crippen molar-refractivity contribution in [3.05, 3.63) is 29.6 Å². The third-order valence-electron chi connectivity index (χ3n) is 2.33. The lowest BCUT2D eigenvalue weighted by Gasteiger charge is -2.18. The SMILES string of the molecule is Cc1cc(OCC(CN)C(F)(F)F)ccc1F. The van der Waals surface area contributed by atoms with Gasteiger partial charge in [-0.05, 0) is 30.7 Å². The van der Waals surface area contributed by atoms with Gasteiger partial charge in [0.1, 0.15) is 24.1 Å². The number of nitrogens with two attached hydrogens (primary N) is 1. The van der Waals surface area contributed by atoms with Gasteiger partial charge in [0.15, 0.2) is 0 Å². The summed E-state index contributed by atoms with van der Waals surface area (Å²) in [5.41, 5.74) is 5.34. The van der Waals surface area contributed by atoms with Crippen LogP contribution >= 0.6 is 0 Å². The largest absolute Gasteiger partial charge is 0.493 e. The van der Waals surface area contributed by atoms with Crippen LogP contribution in [0.15, 0.2) is 18.2 Å². The summed E-state index contributed by atoms with van der Waals surface area (Å²) in [7, 11) is 0. The lowest BCUT2D eigenvalue weighted by molar-refractivity contribution is -0.178. The van der Waals surface area contributed by atoms with Gasteiger partial charge in [-0.3, -0.25) is 0 Å². The van der Waals surface area contributed by atoms with Crippen LogP contribution in [-0.4, -0.2) is 19.3 Å². The average Bonchev–Trinajstić information content (AvgIpc) is 2.22. The van der Waals surface area contributed by atoms with Crippen LogP contribution < -0.4 is 10.5 Å². The third-order valence-corrected chi connectivity index (χ3v) is 2.33. The molecule has 96 valence electrons. The molecule has 1 atom stereocenters. The number of aryl methyl sites for hydroxylation is 1. The van der Waals surface area contributed by atoms with Gasteiger partial charge >= 0.3 is 6.18 Å². The van der Waals surface area contributed by atoms with E-state index in [4.69, 9.17) is 10.5 Å². The quantitative estimate of drug-likeness (QED) is 0.835. The second kappa shape index (κ2) is 5.35. The van der Waals surface area contributed by atoms with Gasteiger partial charge in [0.25, 0.3) is 0 Å². The smallest absolute Gasteiger partial charge is 0.396 e. The van der Waals surface area contributed by atoms with Crippen LogP contribution in [0.3, 0.4) is 0 Å². The maximum Gasteiger partial charge on any atom is 0.396 e. The Labute approximate surface area is 96.4 Å². The number of hydrogen-bond donors (Lipinski definition) is 1. The third kappa shape index (κ3) is 3.89. The van der Waals surface area contributed by atoms with Crippen LogP contribution in [0, 0.1) is 18.7 Å². The Morgan fingerprint density at radius 2 is 2.00 bits per heavy atom. The van der Waals surface area contributed by atoms with E-state index in [0.717, 1.165) is 6.07 Å². The molecular weight excluding hydrogens is 238 g/mol. The highest BCUT2D eigenvalue weighted by Crippen LogP contribution is 2.26. The first-order valence-corrected chi connectivity index (χ1v) is 5.00. The van der Waals surface area contributed by atoms with Gasteiger partial charge in [0, 0.05) is 6.54 Å². The van der Waals surface area contributed by atoms with Crippen molar-refractivity contribution in [3.8, 4) is 5.75 Å². The Morgan fingerprint density at radius 1 is 1.35 bits per heavy atom. The molecule has 1 aromatic rings. The zero-order valence-electron chi connectivity index (χ0n) is 9.22. The molecule has 0 heterocycles.